The molecule has 1 aromatic heterocycles. The summed E-state index contributed by atoms with van der Waals surface area (Å²) < 4.78 is 24.9. The molecule has 9 heteroatoms. The maximum atomic E-state index is 12.0. The average Bonchev–Trinajstić information content (AvgIpc) is 2.88. The fraction of sp³-hybridized carbons (Fsp3) is 0.500. The topological polar surface area (TPSA) is 107 Å². The quantitative estimate of drug-likeness (QED) is 0.678. The number of nitrogens with two attached hydrogens (primary N) is 1. The fourth-order valence-electron chi connectivity index (χ4n) is 2.63. The molecule has 1 unspecified atom stereocenters. The number of hydrogen-bond acceptors (Lipinski definition) is 5. The van der Waals surface area contributed by atoms with Crippen molar-refractivity contribution < 1.29 is 13.2 Å². The molecule has 0 spiro atoms. The van der Waals surface area contributed by atoms with Crippen LogP contribution in [-0.2, 0) is 21.4 Å². The lowest BCUT2D eigenvalue weighted by atomic mass is 10.2. The minimum atomic E-state index is -3.77. The minimum Gasteiger partial charge on any atom is -0.353 e. The summed E-state index contributed by atoms with van der Waals surface area (Å²) in [6.45, 7) is 6.71. The number of imidazole rings is 1. The van der Waals surface area contributed by atoms with Crippen LogP contribution in [0.2, 0.25) is 0 Å². The maximum Gasteiger partial charge on any atom is 0.238 e. The summed E-state index contributed by atoms with van der Waals surface area (Å²) in [6, 6.07) is 4.78. The zero-order valence-electron chi connectivity index (χ0n) is 14.7. The molecule has 0 aliphatic heterocycles. The first-order chi connectivity index (χ1) is 11.8. The Kier molecular flexibility index (Phi) is 6.47. The molecular formula is C16H24N4O3S2. The number of nitrogens with zero attached hydrogens (tertiary/aromatic N) is 2. The van der Waals surface area contributed by atoms with Gasteiger partial charge in [-0.3, -0.25) is 4.79 Å². The number of nitrogens with one attached hydrogen (secondary N) is 1. The van der Waals surface area contributed by atoms with Crippen molar-refractivity contribution in [2.75, 3.05) is 5.75 Å². The van der Waals surface area contributed by atoms with Gasteiger partial charge in [-0.05, 0) is 38.5 Å². The zero-order valence-corrected chi connectivity index (χ0v) is 16.3. The van der Waals surface area contributed by atoms with E-state index >= 15 is 0 Å². The highest BCUT2D eigenvalue weighted by Gasteiger charge is 2.16. The van der Waals surface area contributed by atoms with Gasteiger partial charge in [0.15, 0.2) is 5.16 Å². The summed E-state index contributed by atoms with van der Waals surface area (Å²) in [7, 11) is -3.77. The Morgan fingerprint density at radius 2 is 2.12 bits per heavy atom. The molecule has 0 aliphatic rings. The Bertz CT molecular complexity index is 862. The molecule has 138 valence electrons. The molecule has 2 rings (SSSR count). The second kappa shape index (κ2) is 8.20. The zero-order chi connectivity index (χ0) is 18.6. The van der Waals surface area contributed by atoms with Gasteiger partial charge >= 0.3 is 0 Å². The van der Waals surface area contributed by atoms with Gasteiger partial charge in [-0.2, -0.15) is 0 Å². The molecule has 0 radical (unpaired) electrons. The first kappa shape index (κ1) is 19.7. The Hall–Kier alpha value is -1.58. The molecule has 1 heterocycles. The highest BCUT2D eigenvalue weighted by molar-refractivity contribution is 7.99. The molecule has 0 saturated carbocycles. The number of primary sulfonamides is 1. The third-order valence-electron chi connectivity index (χ3n) is 3.79. The molecule has 25 heavy (non-hydrogen) atoms. The molecule has 0 saturated heterocycles. The molecule has 1 atom stereocenters. The van der Waals surface area contributed by atoms with Crippen LogP contribution in [-0.4, -0.2) is 35.7 Å². The van der Waals surface area contributed by atoms with Gasteiger partial charge in [0, 0.05) is 12.6 Å². The van der Waals surface area contributed by atoms with Crippen LogP contribution in [0.15, 0.2) is 28.3 Å². The number of thioether (sulfide) groups is 1. The van der Waals surface area contributed by atoms with Crippen molar-refractivity contribution in [3.8, 4) is 0 Å². The summed E-state index contributed by atoms with van der Waals surface area (Å²) in [5.74, 6) is 0.227. The van der Waals surface area contributed by atoms with Gasteiger partial charge in [-0.15, -0.1) is 0 Å². The number of sulfonamides is 1. The third-order valence-corrected chi connectivity index (χ3v) is 5.68. The number of fused-ring (bicyclic) bond motifs is 1. The monoisotopic (exact) mass is 384 g/mol. The van der Waals surface area contributed by atoms with E-state index in [2.05, 4.69) is 17.2 Å². The summed E-state index contributed by atoms with van der Waals surface area (Å²) in [4.78, 5) is 16.5. The van der Waals surface area contributed by atoms with E-state index < -0.39 is 10.0 Å². The fourth-order valence-corrected chi connectivity index (χ4v) is 4.06. The lowest BCUT2D eigenvalue weighted by Gasteiger charge is -2.12. The first-order valence-corrected chi connectivity index (χ1v) is 10.7. The predicted octanol–water partition coefficient (Wildman–Crippen LogP) is 2.10. The van der Waals surface area contributed by atoms with Crippen LogP contribution in [0.5, 0.6) is 0 Å². The average molecular weight is 385 g/mol. The van der Waals surface area contributed by atoms with Crippen molar-refractivity contribution in [1.29, 1.82) is 0 Å². The van der Waals surface area contributed by atoms with Crippen molar-refractivity contribution in [3.63, 3.8) is 0 Å². The Labute approximate surface area is 152 Å². The van der Waals surface area contributed by atoms with Crippen LogP contribution in [0.25, 0.3) is 11.0 Å². The minimum absolute atomic E-state index is 0.0310. The second-order valence-corrected chi connectivity index (χ2v) is 8.38. The Morgan fingerprint density at radius 1 is 1.40 bits per heavy atom. The van der Waals surface area contributed by atoms with Crippen LogP contribution in [0, 0.1) is 0 Å². The van der Waals surface area contributed by atoms with Gasteiger partial charge in [0.05, 0.1) is 21.7 Å². The number of amides is 1. The van der Waals surface area contributed by atoms with Crippen LogP contribution < -0.4 is 10.5 Å². The summed E-state index contributed by atoms with van der Waals surface area (Å²) in [5.41, 5.74) is 1.37. The van der Waals surface area contributed by atoms with Crippen LogP contribution in [0.3, 0.4) is 0 Å². The molecule has 0 fully saturated rings. The number of carbonyl (C=O) groups excluding carboxylic acids is 1. The molecule has 0 aliphatic carbocycles. The van der Waals surface area contributed by atoms with E-state index in [1.54, 1.807) is 6.07 Å². The van der Waals surface area contributed by atoms with E-state index in [4.69, 9.17) is 5.14 Å². The predicted molar refractivity (Wildman–Crippen MR) is 100 cm³/mol. The van der Waals surface area contributed by atoms with E-state index in [-0.39, 0.29) is 22.6 Å². The van der Waals surface area contributed by atoms with Crippen molar-refractivity contribution in [3.05, 3.63) is 18.2 Å². The summed E-state index contributed by atoms with van der Waals surface area (Å²) in [5, 5.41) is 8.82. The summed E-state index contributed by atoms with van der Waals surface area (Å²) in [6.07, 6.45) is 1.97. The normalized spacial score (nSPS) is 13.1. The smallest absolute Gasteiger partial charge is 0.238 e. The van der Waals surface area contributed by atoms with Crippen molar-refractivity contribution in [2.45, 2.75) is 56.3 Å². The number of aromatic nitrogens is 2. The largest absolute Gasteiger partial charge is 0.353 e. The van der Waals surface area contributed by atoms with E-state index in [0.29, 0.717) is 17.2 Å². The highest BCUT2D eigenvalue weighted by atomic mass is 32.2. The Balaban J connectivity index is 2.19. The van der Waals surface area contributed by atoms with Crippen LogP contribution in [0.4, 0.5) is 0 Å². The van der Waals surface area contributed by atoms with Gasteiger partial charge in [0.2, 0.25) is 15.9 Å². The molecular weight excluding hydrogens is 360 g/mol. The molecule has 1 aromatic carbocycles. The highest BCUT2D eigenvalue weighted by Crippen LogP contribution is 2.25. The van der Waals surface area contributed by atoms with Gasteiger partial charge < -0.3 is 9.88 Å². The lowest BCUT2D eigenvalue weighted by Crippen LogP contribution is -2.33. The van der Waals surface area contributed by atoms with Gasteiger partial charge in [0.1, 0.15) is 0 Å². The van der Waals surface area contributed by atoms with Crippen molar-refractivity contribution in [2.24, 2.45) is 5.14 Å². The van der Waals surface area contributed by atoms with Crippen LogP contribution >= 0.6 is 11.8 Å². The summed E-state index contributed by atoms with van der Waals surface area (Å²) >= 11 is 1.34. The molecule has 0 bridgehead atoms. The molecule has 2 aromatic rings. The maximum absolute atomic E-state index is 12.0. The van der Waals surface area contributed by atoms with E-state index in [0.717, 1.165) is 18.4 Å². The molecule has 3 N–H and O–H groups in total. The SMILES string of the molecule is CCCC(C)NC(=O)CSc1nc2cc(S(N)(=O)=O)ccc2n1CC. The first-order valence-electron chi connectivity index (χ1n) is 8.21. The molecule has 7 nitrogen and oxygen atoms in total. The number of carbonyl (C=O) groups is 1. The third kappa shape index (κ3) is 4.96. The standard InChI is InChI=1S/C16H24N4O3S2/c1-4-6-11(3)18-15(21)10-24-16-19-13-9-12(25(17,22)23)7-8-14(13)20(16)5-2/h7-9,11H,4-6,10H2,1-3H3,(H,18,21)(H2,17,22,23). The number of benzene rings is 1. The van der Waals surface area contributed by atoms with Gasteiger partial charge in [0.25, 0.3) is 0 Å². The van der Waals surface area contributed by atoms with Crippen molar-refractivity contribution >= 4 is 38.7 Å². The molecule has 1 amide bonds. The van der Waals surface area contributed by atoms with E-state index in [1.807, 2.05) is 18.4 Å². The van der Waals surface area contributed by atoms with Gasteiger partial charge in [-0.1, -0.05) is 25.1 Å². The number of rotatable bonds is 8. The lowest BCUT2D eigenvalue weighted by molar-refractivity contribution is -0.119. The van der Waals surface area contributed by atoms with Crippen LogP contribution in [0.1, 0.15) is 33.6 Å². The van der Waals surface area contributed by atoms with E-state index in [9.17, 15) is 13.2 Å². The van der Waals surface area contributed by atoms with Crippen molar-refractivity contribution in [1.82, 2.24) is 14.9 Å². The van der Waals surface area contributed by atoms with Gasteiger partial charge in [-0.25, -0.2) is 18.5 Å². The Morgan fingerprint density at radius 3 is 2.72 bits per heavy atom. The van der Waals surface area contributed by atoms with E-state index in [1.165, 1.54) is 23.9 Å². The second-order valence-electron chi connectivity index (χ2n) is 5.88. The number of aryl methyl sites for hydroxylation is 1. The number of hydrogen-bond donors (Lipinski definition) is 2.